The Morgan fingerprint density at radius 3 is 1.29 bits per heavy atom. The number of thioether (sulfide) groups is 2. The molecule has 2 aromatic carbocycles. The maximum absolute atomic E-state index is 10.6. The molecule has 16 heteroatoms. The number of aromatic nitrogens is 3. The van der Waals surface area contributed by atoms with Crippen LogP contribution in [0.15, 0.2) is 101 Å². The van der Waals surface area contributed by atoms with Gasteiger partial charge in [0.15, 0.2) is 0 Å². The molecule has 3 aromatic heterocycles. The largest absolute Gasteiger partial charge is 2.00 e. The summed E-state index contributed by atoms with van der Waals surface area (Å²) in [7, 11) is 0. The van der Waals surface area contributed by atoms with Gasteiger partial charge in [-0.05, 0) is 36.4 Å². The molecule has 239 valence electrons. The first kappa shape index (κ1) is 37.3. The van der Waals surface area contributed by atoms with Crippen molar-refractivity contribution in [2.75, 3.05) is 0 Å². The van der Waals surface area contributed by atoms with Gasteiger partial charge in [-0.2, -0.15) is 26.3 Å². The Hall–Kier alpha value is -3.85. The van der Waals surface area contributed by atoms with E-state index in [4.69, 9.17) is 24.8 Å². The molecule has 5 rings (SSSR count). The molecule has 0 saturated heterocycles. The molecule has 45 heavy (non-hydrogen) atoms. The summed E-state index contributed by atoms with van der Waals surface area (Å²) in [4.78, 5) is 34.2. The Labute approximate surface area is 271 Å². The number of hydrogen-bond acceptors (Lipinski definition) is 7. The van der Waals surface area contributed by atoms with Gasteiger partial charge in [-0.15, -0.1) is 23.5 Å². The zero-order chi connectivity index (χ0) is 32.3. The summed E-state index contributed by atoms with van der Waals surface area (Å²) >= 11 is 3.57. The van der Waals surface area contributed by atoms with Gasteiger partial charge in [0.1, 0.15) is 0 Å². The molecular formula is C29H21CuF6N3O4S2+2. The number of benzene rings is 2. The minimum Gasteiger partial charge on any atom is -0.475 e. The molecule has 0 unspecified atom stereocenters. The van der Waals surface area contributed by atoms with Crippen molar-refractivity contribution in [2.45, 2.75) is 33.6 Å². The molecule has 0 aliphatic rings. The van der Waals surface area contributed by atoms with Gasteiger partial charge in [0.2, 0.25) is 0 Å². The second kappa shape index (κ2) is 17.0. The predicted octanol–water partition coefficient (Wildman–Crippen LogP) is 8.03. The van der Waals surface area contributed by atoms with Crippen LogP contribution in [0, 0.1) is 0 Å². The fourth-order valence-electron chi connectivity index (χ4n) is 3.38. The third kappa shape index (κ3) is 11.9. The van der Waals surface area contributed by atoms with E-state index in [0.29, 0.717) is 0 Å². The molecule has 0 spiro atoms. The molecule has 0 saturated carbocycles. The number of hydrogen-bond donors (Lipinski definition) is 2. The van der Waals surface area contributed by atoms with E-state index in [1.165, 1.54) is 20.6 Å². The van der Waals surface area contributed by atoms with Crippen molar-refractivity contribution in [1.82, 2.24) is 15.0 Å². The minimum absolute atomic E-state index is 0. The van der Waals surface area contributed by atoms with Crippen LogP contribution >= 0.6 is 23.5 Å². The average Bonchev–Trinajstić information content (AvgIpc) is 2.99. The van der Waals surface area contributed by atoms with Crippen LogP contribution < -0.4 is 0 Å². The number of halogens is 6. The van der Waals surface area contributed by atoms with E-state index in [1.54, 1.807) is 23.5 Å². The van der Waals surface area contributed by atoms with Gasteiger partial charge in [0, 0.05) is 44.5 Å². The van der Waals surface area contributed by atoms with Crippen molar-refractivity contribution in [3.05, 3.63) is 103 Å². The fraction of sp³-hybridized carbons (Fsp3) is 0.138. The number of carbonyl (C=O) groups is 2. The summed E-state index contributed by atoms with van der Waals surface area (Å²) in [6.45, 7) is 0. The van der Waals surface area contributed by atoms with Gasteiger partial charge in [-0.25, -0.2) is 9.59 Å². The van der Waals surface area contributed by atoms with E-state index in [9.17, 15) is 26.3 Å². The number of para-hydroxylation sites is 2. The first-order valence-corrected chi connectivity index (χ1v) is 14.2. The van der Waals surface area contributed by atoms with Crippen LogP contribution in [0.4, 0.5) is 26.3 Å². The molecule has 2 N–H and O–H groups in total. The van der Waals surface area contributed by atoms with Gasteiger partial charge in [-0.3, -0.25) is 15.0 Å². The summed E-state index contributed by atoms with van der Waals surface area (Å²) < 4.78 is 63.5. The van der Waals surface area contributed by atoms with Crippen molar-refractivity contribution < 1.29 is 63.2 Å². The van der Waals surface area contributed by atoms with E-state index < -0.39 is 24.3 Å². The monoisotopic (exact) mass is 716 g/mol. The molecule has 0 atom stereocenters. The van der Waals surface area contributed by atoms with Crippen LogP contribution in [0.2, 0.25) is 0 Å². The minimum atomic E-state index is -5.08. The standard InChI is InChI=1S/C25H19N3S2.2C2HF3O2.Cu/c1-6-18-8-4-14-26-24(18)22(12-1)29-16-20-10-3-11-21(28-20)17-30-23-13-2-7-19-9-5-15-27-25(19)23;2*3-2(4,5)1(6)7;/h1-15H,16-17H2;2*(H,6,7);/q;;;+2. The third-order valence-electron chi connectivity index (χ3n) is 5.29. The number of rotatable bonds is 6. The number of fused-ring (bicyclic) bond motifs is 2. The Morgan fingerprint density at radius 1 is 0.600 bits per heavy atom. The Kier molecular flexibility index (Phi) is 14.1. The zero-order valence-electron chi connectivity index (χ0n) is 22.5. The smallest absolute Gasteiger partial charge is 0.475 e. The van der Waals surface area contributed by atoms with Gasteiger partial charge < -0.3 is 10.2 Å². The summed E-state index contributed by atoms with van der Waals surface area (Å²) in [5.74, 6) is -3.87. The number of carboxylic acids is 2. The summed E-state index contributed by atoms with van der Waals surface area (Å²) in [6.07, 6.45) is -6.46. The second-order valence-corrected chi connectivity index (χ2v) is 10.5. The quantitative estimate of drug-likeness (QED) is 0.102. The van der Waals surface area contributed by atoms with Crippen molar-refractivity contribution in [3.63, 3.8) is 0 Å². The first-order chi connectivity index (χ1) is 20.8. The van der Waals surface area contributed by atoms with Gasteiger partial charge in [0.25, 0.3) is 0 Å². The van der Waals surface area contributed by atoms with Crippen LogP contribution in [0.5, 0.6) is 0 Å². The Balaban J connectivity index is 0.000000396. The first-order valence-electron chi connectivity index (χ1n) is 12.2. The van der Waals surface area contributed by atoms with Crippen molar-refractivity contribution in [1.29, 1.82) is 0 Å². The molecule has 1 radical (unpaired) electrons. The SMILES string of the molecule is O=C(O)C(F)(F)F.O=C(O)C(F)(F)F.[Cu+2].c1cc(CSc2cccc3cccnc23)nc(CSc2cccc3cccnc23)c1. The van der Waals surface area contributed by atoms with E-state index in [-0.39, 0.29) is 17.1 Å². The van der Waals surface area contributed by atoms with Gasteiger partial charge in [-0.1, -0.05) is 42.5 Å². The number of alkyl halides is 6. The summed E-state index contributed by atoms with van der Waals surface area (Å²) in [6, 6.07) is 27.1. The number of carboxylic acid groups (broad SMARTS) is 2. The van der Waals surface area contributed by atoms with Crippen LogP contribution in [-0.4, -0.2) is 49.5 Å². The maximum Gasteiger partial charge on any atom is 2.00 e. The molecule has 5 aromatic rings. The summed E-state index contributed by atoms with van der Waals surface area (Å²) in [5, 5.41) is 16.6. The molecule has 0 fully saturated rings. The van der Waals surface area contributed by atoms with Crippen molar-refractivity contribution >= 4 is 57.3 Å². The molecule has 7 nitrogen and oxygen atoms in total. The molecule has 0 amide bonds. The van der Waals surface area contributed by atoms with Crippen LogP contribution in [-0.2, 0) is 38.2 Å². The molecule has 3 heterocycles. The average molecular weight is 717 g/mol. The molecular weight excluding hydrogens is 696 g/mol. The zero-order valence-corrected chi connectivity index (χ0v) is 25.1. The van der Waals surface area contributed by atoms with E-state index in [1.807, 2.05) is 24.5 Å². The molecule has 0 aliphatic carbocycles. The Morgan fingerprint density at radius 2 is 0.933 bits per heavy atom. The van der Waals surface area contributed by atoms with E-state index >= 15 is 0 Å². The third-order valence-corrected chi connectivity index (χ3v) is 7.45. The molecule has 0 aliphatic heterocycles. The van der Waals surface area contributed by atoms with E-state index in [0.717, 1.165) is 33.9 Å². The fourth-order valence-corrected chi connectivity index (χ4v) is 5.27. The Bertz CT molecular complexity index is 1610. The number of nitrogens with zero attached hydrogens (tertiary/aromatic N) is 3. The van der Waals surface area contributed by atoms with Crippen molar-refractivity contribution in [3.8, 4) is 0 Å². The van der Waals surface area contributed by atoms with Gasteiger partial charge >= 0.3 is 41.4 Å². The second-order valence-electron chi connectivity index (χ2n) is 8.47. The van der Waals surface area contributed by atoms with Gasteiger partial charge in [0.05, 0.1) is 22.4 Å². The normalized spacial score (nSPS) is 11.0. The molecule has 0 bridgehead atoms. The van der Waals surface area contributed by atoms with Crippen molar-refractivity contribution in [2.24, 2.45) is 0 Å². The number of pyridine rings is 3. The number of aliphatic carboxylic acids is 2. The van der Waals surface area contributed by atoms with E-state index in [2.05, 4.69) is 76.7 Å². The maximum atomic E-state index is 10.6. The predicted molar refractivity (Wildman–Crippen MR) is 154 cm³/mol. The van der Waals surface area contributed by atoms with Crippen LogP contribution in [0.1, 0.15) is 11.4 Å². The van der Waals surface area contributed by atoms with Crippen LogP contribution in [0.3, 0.4) is 0 Å². The topological polar surface area (TPSA) is 113 Å². The summed E-state index contributed by atoms with van der Waals surface area (Å²) in [5.41, 5.74) is 4.28. The van der Waals surface area contributed by atoms with Crippen LogP contribution in [0.25, 0.3) is 21.8 Å².